The lowest BCUT2D eigenvalue weighted by molar-refractivity contribution is -0.134. The van der Waals surface area contributed by atoms with Gasteiger partial charge in [-0.05, 0) is 27.7 Å². The Balaban J connectivity index is 2.05. The SMILES string of the molecule is CC(N)C(=O)N1CC2C(C)C1CN2C(=O)OC(C)(C)C. The fraction of sp³-hybridized carbons (Fsp3) is 0.857. The van der Waals surface area contributed by atoms with Crippen LogP contribution in [0, 0.1) is 5.92 Å². The molecule has 20 heavy (non-hydrogen) atoms. The Hall–Kier alpha value is -1.30. The van der Waals surface area contributed by atoms with Gasteiger partial charge in [-0.2, -0.15) is 0 Å². The van der Waals surface area contributed by atoms with E-state index < -0.39 is 11.6 Å². The quantitative estimate of drug-likeness (QED) is 0.772. The van der Waals surface area contributed by atoms with Crippen LogP contribution in [0.2, 0.25) is 0 Å². The summed E-state index contributed by atoms with van der Waals surface area (Å²) < 4.78 is 5.42. The van der Waals surface area contributed by atoms with Gasteiger partial charge in [-0.25, -0.2) is 4.79 Å². The van der Waals surface area contributed by atoms with Crippen LogP contribution in [0.4, 0.5) is 4.79 Å². The molecule has 0 aromatic carbocycles. The molecule has 0 aliphatic carbocycles. The third kappa shape index (κ3) is 2.61. The van der Waals surface area contributed by atoms with E-state index in [1.807, 2.05) is 25.7 Å². The van der Waals surface area contributed by atoms with Gasteiger partial charge in [0.05, 0.1) is 18.1 Å². The molecule has 6 heteroatoms. The van der Waals surface area contributed by atoms with E-state index in [1.54, 1.807) is 11.8 Å². The second kappa shape index (κ2) is 4.91. The molecule has 0 saturated carbocycles. The van der Waals surface area contributed by atoms with Crippen LogP contribution in [-0.4, -0.2) is 58.6 Å². The Labute approximate surface area is 120 Å². The first-order valence-electron chi connectivity index (χ1n) is 7.17. The summed E-state index contributed by atoms with van der Waals surface area (Å²) in [5.41, 5.74) is 5.18. The van der Waals surface area contributed by atoms with Gasteiger partial charge >= 0.3 is 6.09 Å². The largest absolute Gasteiger partial charge is 0.444 e. The molecule has 0 aromatic rings. The zero-order valence-electron chi connectivity index (χ0n) is 12.9. The molecule has 2 bridgehead atoms. The lowest BCUT2D eigenvalue weighted by atomic mass is 10.0. The molecule has 6 nitrogen and oxygen atoms in total. The molecule has 2 saturated heterocycles. The lowest BCUT2D eigenvalue weighted by Gasteiger charge is -2.35. The van der Waals surface area contributed by atoms with Crippen molar-refractivity contribution in [1.82, 2.24) is 9.80 Å². The third-order valence-corrected chi connectivity index (χ3v) is 4.08. The highest BCUT2D eigenvalue weighted by Crippen LogP contribution is 2.36. The number of hydrogen-bond donors (Lipinski definition) is 1. The van der Waals surface area contributed by atoms with Crippen LogP contribution in [0.25, 0.3) is 0 Å². The minimum atomic E-state index is -0.497. The third-order valence-electron chi connectivity index (χ3n) is 4.08. The van der Waals surface area contributed by atoms with E-state index in [0.717, 1.165) is 0 Å². The van der Waals surface area contributed by atoms with Crippen molar-refractivity contribution in [3.8, 4) is 0 Å². The van der Waals surface area contributed by atoms with Crippen molar-refractivity contribution in [2.75, 3.05) is 13.1 Å². The topological polar surface area (TPSA) is 75.9 Å². The number of amides is 2. The summed E-state index contributed by atoms with van der Waals surface area (Å²) >= 11 is 0. The van der Waals surface area contributed by atoms with Gasteiger partial charge in [-0.3, -0.25) is 4.79 Å². The molecule has 114 valence electrons. The van der Waals surface area contributed by atoms with Gasteiger partial charge in [0, 0.05) is 19.0 Å². The maximum absolute atomic E-state index is 12.2. The van der Waals surface area contributed by atoms with E-state index in [1.165, 1.54) is 0 Å². The second-order valence-electron chi connectivity index (χ2n) is 6.91. The van der Waals surface area contributed by atoms with E-state index in [2.05, 4.69) is 6.92 Å². The predicted molar refractivity (Wildman–Crippen MR) is 75.0 cm³/mol. The molecule has 2 N–H and O–H groups in total. The van der Waals surface area contributed by atoms with Gasteiger partial charge in [0.25, 0.3) is 0 Å². The number of fused-ring (bicyclic) bond motifs is 2. The van der Waals surface area contributed by atoms with Crippen molar-refractivity contribution in [3.63, 3.8) is 0 Å². The second-order valence-corrected chi connectivity index (χ2v) is 6.91. The number of piperazine rings is 1. The number of carbonyl (C=O) groups excluding carboxylic acids is 2. The Morgan fingerprint density at radius 3 is 2.10 bits per heavy atom. The predicted octanol–water partition coefficient (Wildman–Crippen LogP) is 0.800. The molecule has 4 unspecified atom stereocenters. The molecule has 0 aromatic heterocycles. The molecule has 4 atom stereocenters. The Morgan fingerprint density at radius 1 is 1.20 bits per heavy atom. The molecular formula is C14H25N3O3. The highest BCUT2D eigenvalue weighted by Gasteiger charge is 2.53. The molecule has 0 spiro atoms. The first kappa shape index (κ1) is 15.1. The summed E-state index contributed by atoms with van der Waals surface area (Å²) in [6, 6.07) is -0.389. The van der Waals surface area contributed by atoms with Crippen molar-refractivity contribution in [2.24, 2.45) is 11.7 Å². The number of carbonyl (C=O) groups is 2. The molecule has 0 radical (unpaired) electrons. The summed E-state index contributed by atoms with van der Waals surface area (Å²) in [7, 11) is 0. The average Bonchev–Trinajstić information content (AvgIpc) is 2.79. The van der Waals surface area contributed by atoms with Crippen LogP contribution in [0.15, 0.2) is 0 Å². The van der Waals surface area contributed by atoms with Crippen molar-refractivity contribution < 1.29 is 14.3 Å². The summed E-state index contributed by atoms with van der Waals surface area (Å²) in [6.45, 7) is 10.4. The van der Waals surface area contributed by atoms with E-state index in [4.69, 9.17) is 10.5 Å². The monoisotopic (exact) mass is 283 g/mol. The molecule has 2 aliphatic rings. The van der Waals surface area contributed by atoms with E-state index >= 15 is 0 Å². The number of hydrogen-bond acceptors (Lipinski definition) is 4. The molecular weight excluding hydrogens is 258 g/mol. The Kier molecular flexibility index (Phi) is 3.71. The van der Waals surface area contributed by atoms with Gasteiger partial charge in [0.15, 0.2) is 0 Å². The zero-order valence-corrected chi connectivity index (χ0v) is 12.9. The maximum Gasteiger partial charge on any atom is 0.410 e. The van der Waals surface area contributed by atoms with Gasteiger partial charge in [-0.15, -0.1) is 0 Å². The number of rotatable bonds is 1. The van der Waals surface area contributed by atoms with Gasteiger partial charge in [0.2, 0.25) is 5.91 Å². The molecule has 2 aliphatic heterocycles. The number of nitrogens with two attached hydrogens (primary N) is 1. The van der Waals surface area contributed by atoms with Crippen LogP contribution in [0.3, 0.4) is 0 Å². The molecule has 2 heterocycles. The van der Waals surface area contributed by atoms with Crippen LogP contribution in [0.1, 0.15) is 34.6 Å². The summed E-state index contributed by atoms with van der Waals surface area (Å²) in [6.07, 6.45) is -0.287. The number of ether oxygens (including phenoxy) is 1. The van der Waals surface area contributed by atoms with Crippen LogP contribution >= 0.6 is 0 Å². The maximum atomic E-state index is 12.2. The summed E-state index contributed by atoms with van der Waals surface area (Å²) in [5.74, 6) is 0.235. The Bertz CT molecular complexity index is 416. The van der Waals surface area contributed by atoms with Crippen molar-refractivity contribution in [2.45, 2.75) is 58.3 Å². The van der Waals surface area contributed by atoms with Gasteiger partial charge in [-0.1, -0.05) is 6.92 Å². The minimum Gasteiger partial charge on any atom is -0.444 e. The summed E-state index contributed by atoms with van der Waals surface area (Å²) in [4.78, 5) is 27.8. The van der Waals surface area contributed by atoms with Crippen LogP contribution < -0.4 is 5.73 Å². The van der Waals surface area contributed by atoms with Crippen molar-refractivity contribution in [3.05, 3.63) is 0 Å². The fourth-order valence-corrected chi connectivity index (χ4v) is 3.07. The fourth-order valence-electron chi connectivity index (χ4n) is 3.07. The number of nitrogens with zero attached hydrogens (tertiary/aromatic N) is 2. The van der Waals surface area contributed by atoms with Crippen molar-refractivity contribution >= 4 is 12.0 Å². The van der Waals surface area contributed by atoms with E-state index in [-0.39, 0.29) is 30.0 Å². The first-order valence-corrected chi connectivity index (χ1v) is 7.17. The highest BCUT2D eigenvalue weighted by molar-refractivity contribution is 5.82. The minimum absolute atomic E-state index is 0.0341. The van der Waals surface area contributed by atoms with Gasteiger partial charge in [0.1, 0.15) is 5.60 Å². The molecule has 2 amide bonds. The summed E-state index contributed by atoms with van der Waals surface area (Å²) in [5, 5.41) is 0. The standard InChI is InChI=1S/C14H25N3O3/c1-8-10-7-17(13(19)20-14(3,4)5)11(8)6-16(10)12(18)9(2)15/h8-11H,6-7,15H2,1-5H3. The smallest absolute Gasteiger partial charge is 0.410 e. The molecule has 2 fully saturated rings. The normalized spacial score (nSPS) is 30.6. The van der Waals surface area contributed by atoms with E-state index in [0.29, 0.717) is 13.1 Å². The van der Waals surface area contributed by atoms with Crippen LogP contribution in [0.5, 0.6) is 0 Å². The Morgan fingerprint density at radius 2 is 1.70 bits per heavy atom. The first-order chi connectivity index (χ1) is 9.11. The zero-order chi connectivity index (χ0) is 15.2. The lowest BCUT2D eigenvalue weighted by Crippen LogP contribution is -2.54. The van der Waals surface area contributed by atoms with Gasteiger partial charge < -0.3 is 20.3 Å². The van der Waals surface area contributed by atoms with Crippen molar-refractivity contribution in [1.29, 1.82) is 0 Å². The molecule has 2 rings (SSSR count). The van der Waals surface area contributed by atoms with E-state index in [9.17, 15) is 9.59 Å². The average molecular weight is 283 g/mol. The van der Waals surface area contributed by atoms with Crippen LogP contribution in [-0.2, 0) is 9.53 Å². The highest BCUT2D eigenvalue weighted by atomic mass is 16.6. The number of likely N-dealkylation sites (tertiary alicyclic amines) is 2.